The van der Waals surface area contributed by atoms with Crippen LogP contribution in [-0.2, 0) is 6.54 Å². The molecule has 0 amide bonds. The lowest BCUT2D eigenvalue weighted by molar-refractivity contribution is 0.273. The van der Waals surface area contributed by atoms with Crippen molar-refractivity contribution < 1.29 is 0 Å². The monoisotopic (exact) mass is 332 g/mol. The van der Waals surface area contributed by atoms with E-state index >= 15 is 0 Å². The van der Waals surface area contributed by atoms with Crippen LogP contribution in [0.4, 0.5) is 11.5 Å². The van der Waals surface area contributed by atoms with Crippen LogP contribution >= 0.6 is 11.5 Å². The van der Waals surface area contributed by atoms with E-state index in [4.69, 9.17) is 0 Å². The molecule has 7 heteroatoms. The second-order valence-corrected chi connectivity index (χ2v) is 6.85. The first kappa shape index (κ1) is 16.1. The highest BCUT2D eigenvalue weighted by atomic mass is 32.1. The fraction of sp³-hybridized carbons (Fsp3) is 0.562. The number of hydrogen-bond donors (Lipinski definition) is 1. The number of nitrogens with zero attached hydrogens (tertiary/aromatic N) is 5. The van der Waals surface area contributed by atoms with Gasteiger partial charge in [0.15, 0.2) is 0 Å². The first-order valence-electron chi connectivity index (χ1n) is 8.09. The molecule has 0 bridgehead atoms. The highest BCUT2D eigenvalue weighted by molar-refractivity contribution is 7.03. The first-order chi connectivity index (χ1) is 11.2. The minimum atomic E-state index is 0.514. The van der Waals surface area contributed by atoms with E-state index in [2.05, 4.69) is 36.9 Å². The van der Waals surface area contributed by atoms with Crippen LogP contribution in [0.2, 0.25) is 0 Å². The minimum absolute atomic E-state index is 0.514. The number of rotatable bonds is 5. The van der Waals surface area contributed by atoms with Gasteiger partial charge in [0.2, 0.25) is 0 Å². The number of pyridine rings is 1. The van der Waals surface area contributed by atoms with Crippen molar-refractivity contribution in [1.82, 2.24) is 19.5 Å². The van der Waals surface area contributed by atoms with Crippen LogP contribution in [0.1, 0.15) is 25.0 Å². The minimum Gasteiger partial charge on any atom is -0.381 e. The summed E-state index contributed by atoms with van der Waals surface area (Å²) in [6, 6.07) is 4.69. The zero-order valence-corrected chi connectivity index (χ0v) is 14.6. The van der Waals surface area contributed by atoms with Crippen molar-refractivity contribution in [2.45, 2.75) is 31.8 Å². The fourth-order valence-corrected chi connectivity index (χ4v) is 3.35. The smallest absolute Gasteiger partial charge is 0.128 e. The Labute approximate surface area is 141 Å². The standard InChI is InChI=1S/C16H24N6S/c1-21(2)16-6-5-14(10-17-16)18-13-4-3-8-22(9-7-13)11-15-12-23-20-19-15/h5-6,10,12-13,18H,3-4,7-9,11H2,1-2H3/t13-/m1/s1. The van der Waals surface area contributed by atoms with Gasteiger partial charge in [-0.1, -0.05) is 4.49 Å². The second-order valence-electron chi connectivity index (χ2n) is 6.24. The lowest BCUT2D eigenvalue weighted by Gasteiger charge is -2.20. The van der Waals surface area contributed by atoms with Gasteiger partial charge in [-0.2, -0.15) is 0 Å². The van der Waals surface area contributed by atoms with E-state index in [1.54, 1.807) is 0 Å². The molecular formula is C16H24N6S. The Morgan fingerprint density at radius 2 is 2.22 bits per heavy atom. The molecule has 0 aliphatic carbocycles. The van der Waals surface area contributed by atoms with Gasteiger partial charge in [0, 0.05) is 38.6 Å². The molecule has 3 heterocycles. The van der Waals surface area contributed by atoms with Crippen molar-refractivity contribution in [1.29, 1.82) is 0 Å². The summed E-state index contributed by atoms with van der Waals surface area (Å²) in [7, 11) is 4.01. The summed E-state index contributed by atoms with van der Waals surface area (Å²) in [5.41, 5.74) is 2.20. The maximum atomic E-state index is 4.47. The van der Waals surface area contributed by atoms with Crippen molar-refractivity contribution in [2.75, 3.05) is 37.4 Å². The number of anilines is 2. The Morgan fingerprint density at radius 1 is 1.30 bits per heavy atom. The van der Waals surface area contributed by atoms with E-state index in [-0.39, 0.29) is 0 Å². The maximum Gasteiger partial charge on any atom is 0.128 e. The molecule has 1 aliphatic heterocycles. The molecule has 0 unspecified atom stereocenters. The van der Waals surface area contributed by atoms with Crippen LogP contribution in [-0.4, -0.2) is 52.7 Å². The molecule has 2 aromatic heterocycles. The van der Waals surface area contributed by atoms with Gasteiger partial charge in [-0.25, -0.2) is 4.98 Å². The maximum absolute atomic E-state index is 4.47. The molecule has 0 spiro atoms. The van der Waals surface area contributed by atoms with Crippen molar-refractivity contribution in [3.8, 4) is 0 Å². The van der Waals surface area contributed by atoms with Gasteiger partial charge in [0.05, 0.1) is 17.6 Å². The summed E-state index contributed by atoms with van der Waals surface area (Å²) >= 11 is 1.43. The van der Waals surface area contributed by atoms with Gasteiger partial charge in [-0.15, -0.1) is 5.10 Å². The average molecular weight is 332 g/mol. The van der Waals surface area contributed by atoms with E-state index in [1.807, 2.05) is 30.6 Å². The highest BCUT2D eigenvalue weighted by Crippen LogP contribution is 2.19. The molecule has 3 rings (SSSR count). The molecule has 23 heavy (non-hydrogen) atoms. The van der Waals surface area contributed by atoms with Gasteiger partial charge in [-0.3, -0.25) is 4.90 Å². The third kappa shape index (κ3) is 4.62. The number of aromatic nitrogens is 3. The third-order valence-electron chi connectivity index (χ3n) is 4.19. The normalized spacial score (nSPS) is 19.3. The molecule has 1 N–H and O–H groups in total. The van der Waals surface area contributed by atoms with Gasteiger partial charge < -0.3 is 10.2 Å². The molecule has 124 valence electrons. The van der Waals surface area contributed by atoms with Crippen molar-refractivity contribution in [2.24, 2.45) is 0 Å². The Bertz CT molecular complexity index is 583. The van der Waals surface area contributed by atoms with Gasteiger partial charge in [0.25, 0.3) is 0 Å². The first-order valence-corrected chi connectivity index (χ1v) is 8.92. The van der Waals surface area contributed by atoms with Crippen LogP contribution in [0.25, 0.3) is 0 Å². The Balaban J connectivity index is 1.51. The molecule has 6 nitrogen and oxygen atoms in total. The van der Waals surface area contributed by atoms with Crippen molar-refractivity contribution in [3.63, 3.8) is 0 Å². The van der Waals surface area contributed by atoms with Crippen LogP contribution in [0.3, 0.4) is 0 Å². The molecule has 0 radical (unpaired) electrons. The Morgan fingerprint density at radius 3 is 2.91 bits per heavy atom. The van der Waals surface area contributed by atoms with Crippen LogP contribution < -0.4 is 10.2 Å². The summed E-state index contributed by atoms with van der Waals surface area (Å²) < 4.78 is 3.94. The lowest BCUT2D eigenvalue weighted by atomic mass is 10.1. The molecule has 0 aromatic carbocycles. The lowest BCUT2D eigenvalue weighted by Crippen LogP contribution is -2.26. The van der Waals surface area contributed by atoms with E-state index < -0.39 is 0 Å². The third-order valence-corrected chi connectivity index (χ3v) is 4.74. The SMILES string of the molecule is CN(C)c1ccc(N[C@@H]2CCCN(Cc3csnn3)CC2)cn1. The van der Waals surface area contributed by atoms with Crippen LogP contribution in [0.15, 0.2) is 23.7 Å². The number of hydrogen-bond acceptors (Lipinski definition) is 7. The second kappa shape index (κ2) is 7.70. The topological polar surface area (TPSA) is 57.2 Å². The van der Waals surface area contributed by atoms with Gasteiger partial charge in [-0.05, 0) is 49.5 Å². The van der Waals surface area contributed by atoms with E-state index in [0.29, 0.717) is 6.04 Å². The largest absolute Gasteiger partial charge is 0.381 e. The van der Waals surface area contributed by atoms with E-state index in [1.165, 1.54) is 24.4 Å². The van der Waals surface area contributed by atoms with E-state index in [0.717, 1.165) is 43.3 Å². The van der Waals surface area contributed by atoms with Gasteiger partial charge in [0.1, 0.15) is 5.82 Å². The summed E-state index contributed by atoms with van der Waals surface area (Å²) in [6.45, 7) is 3.15. The molecule has 1 fully saturated rings. The molecular weight excluding hydrogens is 308 g/mol. The quantitative estimate of drug-likeness (QED) is 0.908. The Kier molecular flexibility index (Phi) is 5.40. The van der Waals surface area contributed by atoms with Crippen molar-refractivity contribution in [3.05, 3.63) is 29.4 Å². The van der Waals surface area contributed by atoms with E-state index in [9.17, 15) is 0 Å². The summed E-state index contributed by atoms with van der Waals surface area (Å²) in [5, 5.41) is 9.82. The molecule has 0 saturated carbocycles. The van der Waals surface area contributed by atoms with Crippen molar-refractivity contribution >= 4 is 23.0 Å². The average Bonchev–Trinajstić information content (AvgIpc) is 2.96. The zero-order chi connectivity index (χ0) is 16.1. The Hall–Kier alpha value is -1.73. The number of likely N-dealkylation sites (tertiary alicyclic amines) is 1. The van der Waals surface area contributed by atoms with Gasteiger partial charge >= 0.3 is 0 Å². The predicted molar refractivity (Wildman–Crippen MR) is 95.0 cm³/mol. The van der Waals surface area contributed by atoms with Crippen LogP contribution in [0.5, 0.6) is 0 Å². The summed E-state index contributed by atoms with van der Waals surface area (Å²) in [6.07, 6.45) is 5.48. The zero-order valence-electron chi connectivity index (χ0n) is 13.8. The fourth-order valence-electron chi connectivity index (χ4n) is 2.91. The molecule has 1 atom stereocenters. The molecule has 1 aliphatic rings. The number of nitrogens with one attached hydrogen (secondary N) is 1. The molecule has 2 aromatic rings. The summed E-state index contributed by atoms with van der Waals surface area (Å²) in [4.78, 5) is 8.96. The molecule has 1 saturated heterocycles. The predicted octanol–water partition coefficient (Wildman–Crippen LogP) is 2.47. The van der Waals surface area contributed by atoms with Crippen LogP contribution in [0, 0.1) is 0 Å². The highest BCUT2D eigenvalue weighted by Gasteiger charge is 2.17. The summed E-state index contributed by atoms with van der Waals surface area (Å²) in [5.74, 6) is 0.986.